The van der Waals surface area contributed by atoms with Gasteiger partial charge in [0.1, 0.15) is 12.4 Å². The van der Waals surface area contributed by atoms with Crippen molar-refractivity contribution in [2.75, 3.05) is 57.7 Å². The van der Waals surface area contributed by atoms with Crippen molar-refractivity contribution < 1.29 is 41.8 Å². The summed E-state index contributed by atoms with van der Waals surface area (Å²) in [6.07, 6.45) is -3.69. The summed E-state index contributed by atoms with van der Waals surface area (Å²) in [5.41, 5.74) is 0.0983. The highest BCUT2D eigenvalue weighted by Crippen LogP contribution is 2.30. The summed E-state index contributed by atoms with van der Waals surface area (Å²) in [7, 11) is 3.17. The molecule has 0 radical (unpaired) electrons. The number of nitrogens with one attached hydrogen (secondary N) is 2. The van der Waals surface area contributed by atoms with E-state index < -0.39 is 29.9 Å². The molecule has 2 aromatic rings. The van der Waals surface area contributed by atoms with Crippen LogP contribution in [0.2, 0.25) is 0 Å². The fourth-order valence-corrected chi connectivity index (χ4v) is 5.28. The number of ether oxygens (including phenoxy) is 3. The number of nitrogens with zero attached hydrogens (tertiary/aromatic N) is 2. The Hall–Kier alpha value is -3.84. The third-order valence-electron chi connectivity index (χ3n) is 8.03. The molecule has 2 aliphatic heterocycles. The highest BCUT2D eigenvalue weighted by Gasteiger charge is 2.32. The van der Waals surface area contributed by atoms with Crippen LogP contribution in [0.3, 0.4) is 0 Å². The van der Waals surface area contributed by atoms with E-state index in [2.05, 4.69) is 10.6 Å². The predicted octanol–water partition coefficient (Wildman–Crippen LogP) is 5.11. The number of urea groups is 1. The molecule has 0 bridgehead atoms. The van der Waals surface area contributed by atoms with Gasteiger partial charge in [-0.1, -0.05) is 6.92 Å². The van der Waals surface area contributed by atoms with Gasteiger partial charge < -0.3 is 34.6 Å². The van der Waals surface area contributed by atoms with E-state index in [0.717, 1.165) is 12.1 Å². The number of anilines is 2. The molecule has 2 N–H and O–H groups in total. The number of benzene rings is 2. The fraction of sp³-hybridized carbons (Fsp3) is 0.516. The highest BCUT2D eigenvalue weighted by atomic mass is 19.4. The number of methoxy groups -OCH3 is 1. The number of hydrogen-bond donors (Lipinski definition) is 2. The number of fused-ring (bicyclic) bond motifs is 1. The maximum atomic E-state index is 13.6. The number of hydrogen-bond acceptors (Lipinski definition) is 6. The van der Waals surface area contributed by atoms with E-state index in [9.17, 15) is 27.6 Å². The molecule has 0 spiro atoms. The van der Waals surface area contributed by atoms with Gasteiger partial charge in [0.05, 0.1) is 23.3 Å². The first-order valence-electron chi connectivity index (χ1n) is 14.6. The Morgan fingerprint density at radius 2 is 1.64 bits per heavy atom. The topological polar surface area (TPSA) is 109 Å². The monoisotopic (exact) mass is 620 g/mol. The van der Waals surface area contributed by atoms with Gasteiger partial charge >= 0.3 is 12.2 Å². The molecule has 2 aromatic carbocycles. The molecule has 1 saturated heterocycles. The Morgan fingerprint density at radius 3 is 2.27 bits per heavy atom. The van der Waals surface area contributed by atoms with Crippen molar-refractivity contribution in [3.05, 3.63) is 53.6 Å². The Bertz CT molecular complexity index is 1320. The van der Waals surface area contributed by atoms with Gasteiger partial charge in [0, 0.05) is 63.7 Å². The van der Waals surface area contributed by atoms with Gasteiger partial charge in [-0.2, -0.15) is 13.2 Å². The molecule has 4 rings (SSSR count). The van der Waals surface area contributed by atoms with Crippen molar-refractivity contribution in [3.63, 3.8) is 0 Å². The quantitative estimate of drug-likeness (QED) is 0.492. The van der Waals surface area contributed by atoms with E-state index in [-0.39, 0.29) is 60.3 Å². The Balaban J connectivity index is 1.57. The van der Waals surface area contributed by atoms with Crippen LogP contribution < -0.4 is 15.4 Å². The number of carbonyl (C=O) groups excluding carboxylic acids is 3. The summed E-state index contributed by atoms with van der Waals surface area (Å²) < 4.78 is 56.2. The van der Waals surface area contributed by atoms with Gasteiger partial charge in [-0.05, 0) is 62.2 Å². The molecule has 0 saturated carbocycles. The van der Waals surface area contributed by atoms with Crippen molar-refractivity contribution in [1.82, 2.24) is 9.80 Å². The molecule has 2 aliphatic rings. The van der Waals surface area contributed by atoms with Crippen molar-refractivity contribution in [1.29, 1.82) is 0 Å². The number of rotatable bonds is 4. The number of likely N-dealkylation sites (N-methyl/N-ethyl adjacent to an activating group) is 1. The summed E-state index contributed by atoms with van der Waals surface area (Å²) in [6, 6.07) is 8.06. The van der Waals surface area contributed by atoms with Gasteiger partial charge in [0.15, 0.2) is 0 Å². The van der Waals surface area contributed by atoms with Crippen molar-refractivity contribution >= 4 is 29.2 Å². The van der Waals surface area contributed by atoms with Crippen molar-refractivity contribution in [2.24, 2.45) is 11.8 Å². The molecule has 2 heterocycles. The standard InChI is InChI=1S/C31H39F3N4O6/c1-19-16-38(30(41)36-23-7-5-22(6-8-23)31(32,33)34)20(2)18-44-26-10-9-24(35-28(39)21-11-13-43-14-12-21)15-25(26)29(40)37(3)17-27(19)42-4/h5-10,15,19-21,27H,11-14,16-18H2,1-4H3,(H,35,39)(H,36,41)/t19-,20-,27-/m1/s1. The van der Waals surface area contributed by atoms with Crippen LogP contribution in [-0.2, 0) is 20.4 Å². The summed E-state index contributed by atoms with van der Waals surface area (Å²) in [4.78, 5) is 42.9. The van der Waals surface area contributed by atoms with E-state index in [0.29, 0.717) is 31.7 Å². The zero-order chi connectivity index (χ0) is 32.0. The second kappa shape index (κ2) is 14.3. The number of halogens is 3. The minimum Gasteiger partial charge on any atom is -0.491 e. The molecular formula is C31H39F3N4O6. The second-order valence-electron chi connectivity index (χ2n) is 11.3. The van der Waals surface area contributed by atoms with Gasteiger partial charge in [-0.3, -0.25) is 9.59 Å². The zero-order valence-electron chi connectivity index (χ0n) is 25.3. The van der Waals surface area contributed by atoms with Crippen LogP contribution in [-0.4, -0.2) is 86.9 Å². The van der Waals surface area contributed by atoms with E-state index in [1.807, 2.05) is 6.92 Å². The van der Waals surface area contributed by atoms with Gasteiger partial charge in [-0.25, -0.2) is 4.79 Å². The first kappa shape index (κ1) is 33.1. The molecule has 4 amide bonds. The van der Waals surface area contributed by atoms with E-state index >= 15 is 0 Å². The van der Waals surface area contributed by atoms with Crippen molar-refractivity contribution in [3.8, 4) is 5.75 Å². The Labute approximate surface area is 254 Å². The van der Waals surface area contributed by atoms with E-state index in [4.69, 9.17) is 14.2 Å². The summed E-state index contributed by atoms with van der Waals surface area (Å²) >= 11 is 0. The smallest absolute Gasteiger partial charge is 0.416 e. The average molecular weight is 621 g/mol. The molecule has 1 fully saturated rings. The molecular weight excluding hydrogens is 581 g/mol. The summed E-state index contributed by atoms with van der Waals surface area (Å²) in [5.74, 6) is -0.589. The third kappa shape index (κ3) is 8.20. The van der Waals surface area contributed by atoms with Crippen LogP contribution in [0.5, 0.6) is 5.75 Å². The maximum Gasteiger partial charge on any atom is 0.416 e. The largest absolute Gasteiger partial charge is 0.491 e. The average Bonchev–Trinajstić information content (AvgIpc) is 3.00. The maximum absolute atomic E-state index is 13.6. The lowest BCUT2D eigenvalue weighted by Crippen LogP contribution is -2.50. The molecule has 240 valence electrons. The molecule has 44 heavy (non-hydrogen) atoms. The van der Waals surface area contributed by atoms with E-state index in [1.54, 1.807) is 37.1 Å². The molecule has 3 atom stereocenters. The Morgan fingerprint density at radius 1 is 0.977 bits per heavy atom. The second-order valence-corrected chi connectivity index (χ2v) is 11.3. The van der Waals surface area contributed by atoms with Crippen LogP contribution in [0, 0.1) is 11.8 Å². The fourth-order valence-electron chi connectivity index (χ4n) is 5.28. The number of carbonyl (C=O) groups is 3. The summed E-state index contributed by atoms with van der Waals surface area (Å²) in [6.45, 7) is 5.17. The van der Waals surface area contributed by atoms with Crippen LogP contribution >= 0.6 is 0 Å². The molecule has 10 nitrogen and oxygen atoms in total. The normalized spacial score (nSPS) is 22.2. The number of amides is 4. The van der Waals surface area contributed by atoms with Crippen LogP contribution in [0.25, 0.3) is 0 Å². The first-order valence-corrected chi connectivity index (χ1v) is 14.6. The Kier molecular flexibility index (Phi) is 10.7. The van der Waals surface area contributed by atoms with Gasteiger partial charge in [0.25, 0.3) is 5.91 Å². The minimum absolute atomic E-state index is 0.0164. The lowest BCUT2D eigenvalue weighted by molar-refractivity contribution is -0.137. The first-order chi connectivity index (χ1) is 20.9. The van der Waals surface area contributed by atoms with E-state index in [1.165, 1.54) is 24.1 Å². The van der Waals surface area contributed by atoms with Crippen LogP contribution in [0.1, 0.15) is 42.6 Å². The van der Waals surface area contributed by atoms with Gasteiger partial charge in [0.2, 0.25) is 5.91 Å². The lowest BCUT2D eigenvalue weighted by Gasteiger charge is -2.36. The SMILES string of the molecule is CO[C@@H]1CN(C)C(=O)c2cc(NC(=O)C3CCOCC3)ccc2OC[C@@H](C)N(C(=O)Nc2ccc(C(F)(F)F)cc2)C[C@H]1C. The third-order valence-corrected chi connectivity index (χ3v) is 8.03. The van der Waals surface area contributed by atoms with Crippen molar-refractivity contribution in [2.45, 2.75) is 45.0 Å². The molecule has 13 heteroatoms. The summed E-state index contributed by atoms with van der Waals surface area (Å²) in [5, 5.41) is 5.59. The molecule has 0 unspecified atom stereocenters. The van der Waals surface area contributed by atoms with Gasteiger partial charge in [-0.15, -0.1) is 0 Å². The predicted molar refractivity (Wildman–Crippen MR) is 158 cm³/mol. The minimum atomic E-state index is -4.49. The molecule has 0 aromatic heterocycles. The zero-order valence-corrected chi connectivity index (χ0v) is 25.3. The molecule has 0 aliphatic carbocycles. The number of alkyl halides is 3. The van der Waals surface area contributed by atoms with Crippen LogP contribution in [0.15, 0.2) is 42.5 Å². The highest BCUT2D eigenvalue weighted by molar-refractivity contribution is 6.00. The van der Waals surface area contributed by atoms with Crippen LogP contribution in [0.4, 0.5) is 29.3 Å². The lowest BCUT2D eigenvalue weighted by atomic mass is 9.99.